The van der Waals surface area contributed by atoms with Crippen molar-refractivity contribution in [2.24, 2.45) is 0 Å². The molecule has 0 atom stereocenters. The molecule has 3 nitrogen and oxygen atoms in total. The number of halogens is 1. The van der Waals surface area contributed by atoms with Gasteiger partial charge < -0.3 is 9.64 Å². The number of carbonyl (C=O) groups excluding carboxylic acids is 1. The fourth-order valence-electron chi connectivity index (χ4n) is 2.32. The first-order valence-corrected chi connectivity index (χ1v) is 7.22. The van der Waals surface area contributed by atoms with Crippen molar-refractivity contribution < 1.29 is 13.9 Å². The van der Waals surface area contributed by atoms with Crippen LogP contribution in [0.5, 0.6) is 5.75 Å². The molecule has 0 unspecified atom stereocenters. The van der Waals surface area contributed by atoms with Crippen LogP contribution < -0.4 is 4.74 Å². The van der Waals surface area contributed by atoms with Gasteiger partial charge in [0.05, 0.1) is 6.33 Å². The minimum atomic E-state index is -0.205. The lowest BCUT2D eigenvalue weighted by Crippen LogP contribution is -2.41. The fraction of sp³-hybridized carbons (Fsp3) is 0.471. The van der Waals surface area contributed by atoms with Crippen LogP contribution in [0.15, 0.2) is 30.1 Å². The molecule has 0 spiro atoms. The quantitative estimate of drug-likeness (QED) is 0.836. The van der Waals surface area contributed by atoms with Crippen molar-refractivity contribution in [1.82, 2.24) is 4.90 Å². The molecule has 2 rings (SSSR count). The van der Waals surface area contributed by atoms with Gasteiger partial charge in [0.15, 0.2) is 0 Å². The highest BCUT2D eigenvalue weighted by atomic mass is 19.1. The molecule has 1 heterocycles. The van der Waals surface area contributed by atoms with E-state index in [9.17, 15) is 9.18 Å². The van der Waals surface area contributed by atoms with E-state index in [1.54, 1.807) is 12.1 Å². The zero-order valence-electron chi connectivity index (χ0n) is 13.1. The van der Waals surface area contributed by atoms with Gasteiger partial charge in [-0.25, -0.2) is 4.39 Å². The molecule has 0 radical (unpaired) electrons. The topological polar surface area (TPSA) is 29.5 Å². The van der Waals surface area contributed by atoms with Crippen molar-refractivity contribution in [3.63, 3.8) is 0 Å². The van der Waals surface area contributed by atoms with Gasteiger partial charge in [-0.2, -0.15) is 0 Å². The van der Waals surface area contributed by atoms with E-state index < -0.39 is 0 Å². The predicted octanol–water partition coefficient (Wildman–Crippen LogP) is 4.08. The van der Waals surface area contributed by atoms with Gasteiger partial charge >= 0.3 is 0 Å². The minimum absolute atomic E-state index is 0.0574. The molecule has 114 valence electrons. The Balaban J connectivity index is 2.14. The van der Waals surface area contributed by atoms with E-state index in [1.165, 1.54) is 0 Å². The van der Waals surface area contributed by atoms with E-state index >= 15 is 0 Å². The Hall–Kier alpha value is -1.84. The van der Waals surface area contributed by atoms with E-state index in [0.29, 0.717) is 30.6 Å². The molecule has 1 aromatic rings. The molecule has 0 saturated heterocycles. The number of amides is 1. The lowest BCUT2D eigenvalue weighted by molar-refractivity contribution is 0.0609. The van der Waals surface area contributed by atoms with Gasteiger partial charge in [0, 0.05) is 17.6 Å². The summed E-state index contributed by atoms with van der Waals surface area (Å²) in [6, 6.07) is 5.45. The van der Waals surface area contributed by atoms with Gasteiger partial charge in [-0.15, -0.1) is 0 Å². The standard InChI is InChI=1S/C17H22FNO2/c1-5-12(9-18)11-21-14-6-7-15-13(8-14)10-19(16(15)20)17(2,3)4/h6-9H,5,10-11H2,1-4H3/b12-9+. The van der Waals surface area contributed by atoms with Crippen LogP contribution in [0.3, 0.4) is 0 Å². The molecule has 0 bridgehead atoms. The van der Waals surface area contributed by atoms with Crippen molar-refractivity contribution in [3.8, 4) is 5.75 Å². The van der Waals surface area contributed by atoms with Crippen molar-refractivity contribution >= 4 is 5.91 Å². The highest BCUT2D eigenvalue weighted by Gasteiger charge is 2.34. The third kappa shape index (κ3) is 3.26. The highest BCUT2D eigenvalue weighted by Crippen LogP contribution is 2.31. The van der Waals surface area contributed by atoms with Crippen LogP contribution in [0.4, 0.5) is 4.39 Å². The van der Waals surface area contributed by atoms with Crippen LogP contribution >= 0.6 is 0 Å². The van der Waals surface area contributed by atoms with Crippen LogP contribution in [0.2, 0.25) is 0 Å². The van der Waals surface area contributed by atoms with E-state index in [0.717, 1.165) is 11.1 Å². The third-order valence-electron chi connectivity index (χ3n) is 3.72. The highest BCUT2D eigenvalue weighted by molar-refractivity contribution is 5.99. The smallest absolute Gasteiger partial charge is 0.254 e. The molecule has 4 heteroatoms. The second-order valence-corrected chi connectivity index (χ2v) is 6.29. The monoisotopic (exact) mass is 291 g/mol. The normalized spacial score (nSPS) is 15.4. The first kappa shape index (κ1) is 15.5. The maximum absolute atomic E-state index is 12.5. The van der Waals surface area contributed by atoms with Crippen LogP contribution in [-0.4, -0.2) is 23.0 Å². The van der Waals surface area contributed by atoms with Gasteiger partial charge in [-0.05, 0) is 56.5 Å². The second-order valence-electron chi connectivity index (χ2n) is 6.29. The molecule has 1 aliphatic heterocycles. The lowest BCUT2D eigenvalue weighted by Gasteiger charge is -2.31. The summed E-state index contributed by atoms with van der Waals surface area (Å²) in [5.41, 5.74) is 2.11. The van der Waals surface area contributed by atoms with E-state index in [2.05, 4.69) is 0 Å². The Bertz CT molecular complexity index is 573. The van der Waals surface area contributed by atoms with Crippen LogP contribution in [-0.2, 0) is 6.54 Å². The van der Waals surface area contributed by atoms with Gasteiger partial charge in [0.2, 0.25) is 0 Å². The summed E-state index contributed by atoms with van der Waals surface area (Å²) >= 11 is 0. The number of rotatable bonds is 4. The number of nitrogens with zero attached hydrogens (tertiary/aromatic N) is 1. The number of carbonyl (C=O) groups is 1. The summed E-state index contributed by atoms with van der Waals surface area (Å²) in [4.78, 5) is 14.2. The second kappa shape index (κ2) is 5.88. The molecular weight excluding hydrogens is 269 g/mol. The Kier molecular flexibility index (Phi) is 4.35. The number of fused-ring (bicyclic) bond motifs is 1. The number of hydrogen-bond donors (Lipinski definition) is 0. The number of hydrogen-bond acceptors (Lipinski definition) is 2. The molecule has 21 heavy (non-hydrogen) atoms. The number of ether oxygens (including phenoxy) is 1. The Labute approximate surface area is 125 Å². The van der Waals surface area contributed by atoms with Crippen molar-refractivity contribution in [3.05, 3.63) is 41.2 Å². The van der Waals surface area contributed by atoms with Gasteiger partial charge in [-0.1, -0.05) is 6.92 Å². The van der Waals surface area contributed by atoms with E-state index in [-0.39, 0.29) is 18.1 Å². The minimum Gasteiger partial charge on any atom is -0.489 e. The molecule has 1 amide bonds. The average Bonchev–Trinajstić information content (AvgIpc) is 2.77. The van der Waals surface area contributed by atoms with E-state index in [1.807, 2.05) is 38.7 Å². The summed E-state index contributed by atoms with van der Waals surface area (Å²) in [6.45, 7) is 8.78. The van der Waals surface area contributed by atoms with Crippen molar-refractivity contribution in [2.45, 2.75) is 46.2 Å². The maximum atomic E-state index is 12.5. The molecule has 0 aromatic heterocycles. The number of benzene rings is 1. The van der Waals surface area contributed by atoms with E-state index in [4.69, 9.17) is 4.74 Å². The average molecular weight is 291 g/mol. The van der Waals surface area contributed by atoms with Crippen LogP contribution in [0, 0.1) is 0 Å². The SMILES string of the molecule is CC/C(=C\F)COc1ccc2c(c1)CN(C(C)(C)C)C2=O. The van der Waals surface area contributed by atoms with Gasteiger partial charge in [-0.3, -0.25) is 4.79 Å². The molecule has 0 saturated carbocycles. The first-order chi connectivity index (χ1) is 9.86. The molecule has 0 aliphatic carbocycles. The molecular formula is C17H22FNO2. The van der Waals surface area contributed by atoms with Crippen LogP contribution in [0.1, 0.15) is 50.0 Å². The lowest BCUT2D eigenvalue weighted by atomic mass is 10.1. The van der Waals surface area contributed by atoms with Gasteiger partial charge in [0.1, 0.15) is 12.4 Å². The Morgan fingerprint density at radius 3 is 2.71 bits per heavy atom. The van der Waals surface area contributed by atoms with Gasteiger partial charge in [0.25, 0.3) is 5.91 Å². The van der Waals surface area contributed by atoms with Crippen molar-refractivity contribution in [1.29, 1.82) is 0 Å². The molecule has 0 fully saturated rings. The molecule has 0 N–H and O–H groups in total. The molecule has 1 aliphatic rings. The van der Waals surface area contributed by atoms with Crippen LogP contribution in [0.25, 0.3) is 0 Å². The first-order valence-electron chi connectivity index (χ1n) is 7.22. The summed E-state index contributed by atoms with van der Waals surface area (Å²) in [5.74, 6) is 0.729. The fourth-order valence-corrected chi connectivity index (χ4v) is 2.32. The summed E-state index contributed by atoms with van der Waals surface area (Å²) in [5, 5.41) is 0. The summed E-state index contributed by atoms with van der Waals surface area (Å²) < 4.78 is 18.1. The Morgan fingerprint density at radius 2 is 2.14 bits per heavy atom. The summed E-state index contributed by atoms with van der Waals surface area (Å²) in [7, 11) is 0. The predicted molar refractivity (Wildman–Crippen MR) is 81.0 cm³/mol. The third-order valence-corrected chi connectivity index (χ3v) is 3.72. The zero-order valence-corrected chi connectivity index (χ0v) is 13.1. The Morgan fingerprint density at radius 1 is 1.43 bits per heavy atom. The zero-order chi connectivity index (χ0) is 15.6. The summed E-state index contributed by atoms with van der Waals surface area (Å²) in [6.07, 6.45) is 1.22. The largest absolute Gasteiger partial charge is 0.489 e. The van der Waals surface area contributed by atoms with Crippen molar-refractivity contribution in [2.75, 3.05) is 6.61 Å². The maximum Gasteiger partial charge on any atom is 0.254 e. The molecule has 1 aromatic carbocycles.